The Kier molecular flexibility index (Phi) is 6.62. The van der Waals surface area contributed by atoms with Gasteiger partial charge in [0.2, 0.25) is 17.6 Å². The van der Waals surface area contributed by atoms with Crippen molar-refractivity contribution in [1.82, 2.24) is 4.90 Å². The van der Waals surface area contributed by atoms with E-state index < -0.39 is 23.6 Å². The minimum atomic E-state index is -0.711. The van der Waals surface area contributed by atoms with Gasteiger partial charge in [0.1, 0.15) is 0 Å². The quantitative estimate of drug-likeness (QED) is 0.376. The second-order valence-electron chi connectivity index (χ2n) is 6.22. The number of hydrogen-bond acceptors (Lipinski definition) is 6. The molecule has 2 aromatic carbocycles. The average Bonchev–Trinajstić information content (AvgIpc) is 2.93. The third-order valence-electron chi connectivity index (χ3n) is 4.28. The smallest absolute Gasteiger partial charge is 0.339 e. The predicted octanol–water partition coefficient (Wildman–Crippen LogP) is 3.88. The third-order valence-corrected chi connectivity index (χ3v) is 6.09. The highest BCUT2D eigenvalue weighted by Crippen LogP contribution is 2.33. The summed E-state index contributed by atoms with van der Waals surface area (Å²) >= 11 is 12.9. The van der Waals surface area contributed by atoms with Crippen LogP contribution in [0.1, 0.15) is 27.1 Å². The highest BCUT2D eigenvalue weighted by molar-refractivity contribution is 8.00. The Balaban J connectivity index is 1.69. The number of nitrogens with zero attached hydrogens (tertiary/aromatic N) is 1. The van der Waals surface area contributed by atoms with Gasteiger partial charge in [-0.3, -0.25) is 19.3 Å². The number of carbonyl (C=O) groups excluding carboxylic acids is 4. The number of ether oxygens (including phenoxy) is 1. The van der Waals surface area contributed by atoms with Crippen molar-refractivity contribution in [1.29, 1.82) is 0 Å². The number of hydrogen-bond donors (Lipinski definition) is 0. The van der Waals surface area contributed by atoms with E-state index >= 15 is 0 Å². The number of esters is 1. The van der Waals surface area contributed by atoms with Gasteiger partial charge in [-0.1, -0.05) is 35.3 Å². The van der Waals surface area contributed by atoms with E-state index in [0.717, 1.165) is 16.7 Å². The first kappa shape index (κ1) is 21.4. The molecule has 1 fully saturated rings. The van der Waals surface area contributed by atoms with E-state index in [1.807, 2.05) is 0 Å². The summed E-state index contributed by atoms with van der Waals surface area (Å²) in [4.78, 5) is 50.2. The largest absolute Gasteiger partial charge is 0.454 e. The average molecular weight is 452 g/mol. The first-order valence-electron chi connectivity index (χ1n) is 8.49. The van der Waals surface area contributed by atoms with Crippen LogP contribution in [-0.2, 0) is 14.3 Å². The Bertz CT molecular complexity index is 1010. The lowest BCUT2D eigenvalue weighted by molar-refractivity contribution is -0.136. The van der Waals surface area contributed by atoms with Gasteiger partial charge in [-0.2, -0.15) is 0 Å². The van der Waals surface area contributed by atoms with Crippen molar-refractivity contribution in [3.63, 3.8) is 0 Å². The monoisotopic (exact) mass is 451 g/mol. The molecule has 3 rings (SSSR count). The highest BCUT2D eigenvalue weighted by atomic mass is 35.5. The van der Waals surface area contributed by atoms with Crippen molar-refractivity contribution in [3.8, 4) is 0 Å². The van der Waals surface area contributed by atoms with E-state index in [4.69, 9.17) is 27.9 Å². The van der Waals surface area contributed by atoms with Crippen LogP contribution in [0.25, 0.3) is 0 Å². The van der Waals surface area contributed by atoms with Crippen LogP contribution in [0.15, 0.2) is 47.4 Å². The molecule has 1 aliphatic heterocycles. The van der Waals surface area contributed by atoms with E-state index in [0.29, 0.717) is 9.92 Å². The molecule has 1 atom stereocenters. The Labute approximate surface area is 181 Å². The van der Waals surface area contributed by atoms with Crippen LogP contribution in [0, 0.1) is 0 Å². The minimum absolute atomic E-state index is 0.0664. The molecule has 1 saturated heterocycles. The number of benzene rings is 2. The van der Waals surface area contributed by atoms with E-state index in [1.54, 1.807) is 18.2 Å². The maximum absolute atomic E-state index is 12.5. The fourth-order valence-corrected chi connectivity index (χ4v) is 4.45. The molecular formula is C20H15Cl2NO5S. The van der Waals surface area contributed by atoms with Crippen LogP contribution in [0.3, 0.4) is 0 Å². The molecule has 150 valence electrons. The molecule has 0 radical (unpaired) electrons. The molecule has 0 saturated carbocycles. The molecule has 0 bridgehead atoms. The maximum atomic E-state index is 12.5. The number of halogens is 2. The topological polar surface area (TPSA) is 80.8 Å². The van der Waals surface area contributed by atoms with Gasteiger partial charge in [0.25, 0.3) is 0 Å². The summed E-state index contributed by atoms with van der Waals surface area (Å²) in [5.74, 6) is -1.76. The zero-order valence-corrected chi connectivity index (χ0v) is 17.5. The van der Waals surface area contributed by atoms with Gasteiger partial charge >= 0.3 is 5.97 Å². The molecule has 6 nitrogen and oxygen atoms in total. The predicted molar refractivity (Wildman–Crippen MR) is 110 cm³/mol. The summed E-state index contributed by atoms with van der Waals surface area (Å²) < 4.78 is 5.15. The molecule has 2 amide bonds. The van der Waals surface area contributed by atoms with Gasteiger partial charge in [-0.05, 0) is 30.3 Å². The molecule has 0 aromatic heterocycles. The number of thioether (sulfide) groups is 1. The molecule has 9 heteroatoms. The van der Waals surface area contributed by atoms with E-state index in [2.05, 4.69) is 0 Å². The van der Waals surface area contributed by atoms with Gasteiger partial charge < -0.3 is 4.74 Å². The first-order chi connectivity index (χ1) is 13.8. The number of rotatable bonds is 6. The lowest BCUT2D eigenvalue weighted by atomic mass is 10.1. The van der Waals surface area contributed by atoms with Crippen molar-refractivity contribution < 1.29 is 23.9 Å². The zero-order valence-electron chi connectivity index (χ0n) is 15.2. The van der Waals surface area contributed by atoms with Crippen molar-refractivity contribution in [2.24, 2.45) is 0 Å². The van der Waals surface area contributed by atoms with Gasteiger partial charge in [0, 0.05) is 29.0 Å². The first-order valence-corrected chi connectivity index (χ1v) is 10.1. The molecule has 29 heavy (non-hydrogen) atoms. The van der Waals surface area contributed by atoms with Crippen LogP contribution in [-0.4, -0.2) is 47.4 Å². The highest BCUT2D eigenvalue weighted by Gasteiger charge is 2.37. The summed E-state index contributed by atoms with van der Waals surface area (Å²) in [7, 11) is 1.43. The number of ketones is 1. The lowest BCUT2D eigenvalue weighted by Gasteiger charge is -2.12. The number of amides is 2. The SMILES string of the molecule is CN1C(=O)CC(Sc2ccccc2C(=O)OCC(=O)c2ccc(Cl)cc2Cl)C1=O. The number of likely N-dealkylation sites (tertiary alicyclic amines) is 1. The van der Waals surface area contributed by atoms with Crippen molar-refractivity contribution in [2.75, 3.05) is 13.7 Å². The van der Waals surface area contributed by atoms with Crippen LogP contribution < -0.4 is 0 Å². The molecule has 1 unspecified atom stereocenters. The Morgan fingerprint density at radius 1 is 1.14 bits per heavy atom. The molecule has 0 spiro atoms. The van der Waals surface area contributed by atoms with Crippen LogP contribution >= 0.6 is 35.0 Å². The number of carbonyl (C=O) groups is 4. The van der Waals surface area contributed by atoms with Crippen LogP contribution in [0.4, 0.5) is 0 Å². The summed E-state index contributed by atoms with van der Waals surface area (Å²) in [5, 5.41) is -0.0425. The molecule has 2 aromatic rings. The Morgan fingerprint density at radius 2 is 1.86 bits per heavy atom. The minimum Gasteiger partial charge on any atom is -0.454 e. The van der Waals surface area contributed by atoms with Crippen molar-refractivity contribution in [3.05, 3.63) is 63.6 Å². The van der Waals surface area contributed by atoms with E-state index in [9.17, 15) is 19.2 Å². The number of imide groups is 1. The maximum Gasteiger partial charge on any atom is 0.339 e. The molecule has 0 aliphatic carbocycles. The van der Waals surface area contributed by atoms with Crippen LogP contribution in [0.2, 0.25) is 10.0 Å². The summed E-state index contributed by atoms with van der Waals surface area (Å²) in [5.41, 5.74) is 0.409. The van der Waals surface area contributed by atoms with Crippen molar-refractivity contribution >= 4 is 58.5 Å². The Morgan fingerprint density at radius 3 is 2.52 bits per heavy atom. The molecule has 0 N–H and O–H groups in total. The van der Waals surface area contributed by atoms with E-state index in [1.165, 1.54) is 31.3 Å². The van der Waals surface area contributed by atoms with Gasteiger partial charge in [-0.25, -0.2) is 4.79 Å². The van der Waals surface area contributed by atoms with Crippen molar-refractivity contribution in [2.45, 2.75) is 16.6 Å². The van der Waals surface area contributed by atoms with Gasteiger partial charge in [-0.15, -0.1) is 11.8 Å². The fourth-order valence-electron chi connectivity index (χ4n) is 2.71. The van der Waals surface area contributed by atoms with Crippen LogP contribution in [0.5, 0.6) is 0 Å². The molecular weight excluding hydrogens is 437 g/mol. The second-order valence-corrected chi connectivity index (χ2v) is 8.31. The summed E-state index contributed by atoms with van der Waals surface area (Å²) in [6.07, 6.45) is 0.0664. The standard InChI is InChI=1S/C20H15Cl2NO5S/c1-23-18(25)9-17(19(23)26)29-16-5-3-2-4-13(16)20(27)28-10-15(24)12-7-6-11(21)8-14(12)22/h2-8,17H,9-10H2,1H3. The molecule has 1 aliphatic rings. The second kappa shape index (κ2) is 8.98. The lowest BCUT2D eigenvalue weighted by Crippen LogP contribution is -2.26. The zero-order chi connectivity index (χ0) is 21.1. The third kappa shape index (κ3) is 4.80. The van der Waals surface area contributed by atoms with Gasteiger partial charge in [0.05, 0.1) is 15.8 Å². The van der Waals surface area contributed by atoms with E-state index in [-0.39, 0.29) is 34.4 Å². The Hall–Kier alpha value is -2.35. The summed E-state index contributed by atoms with van der Waals surface area (Å²) in [6.45, 7) is -0.497. The number of Topliss-reactive ketones (excluding diaryl/α,β-unsaturated/α-hetero) is 1. The van der Waals surface area contributed by atoms with Gasteiger partial charge in [0.15, 0.2) is 6.61 Å². The fraction of sp³-hybridized carbons (Fsp3) is 0.200. The molecule has 1 heterocycles. The summed E-state index contributed by atoms with van der Waals surface area (Å²) in [6, 6.07) is 11.0. The normalized spacial score (nSPS) is 16.2.